The van der Waals surface area contributed by atoms with Crippen LogP contribution in [-0.2, 0) is 37.4 Å². The van der Waals surface area contributed by atoms with Gasteiger partial charge >= 0.3 is 25.8 Å². The summed E-state index contributed by atoms with van der Waals surface area (Å²) in [5.74, 6) is 0.789. The second-order valence-electron chi connectivity index (χ2n) is 10.8. The second-order valence-corrected chi connectivity index (χ2v) is 17.2. The van der Waals surface area contributed by atoms with Crippen molar-refractivity contribution in [1.82, 2.24) is 18.7 Å². The van der Waals surface area contributed by atoms with Crippen LogP contribution >= 0.6 is 47.3 Å². The zero-order chi connectivity index (χ0) is 33.0. The molecule has 4 aromatic heterocycles. The highest BCUT2D eigenvalue weighted by Gasteiger charge is 2.26. The summed E-state index contributed by atoms with van der Waals surface area (Å²) in [4.78, 5) is 75.0. The standard InChI is InChI=1S/C15H18N2O5.C13H14N2O4.2CH4.BBr3/c1-3-10-6-11(18)22-14-12(10)13(19)16(7-9-4-5-9)15(20)17(14)8-21-2;1-2-8-5-9(16)19-11-10(8)12(17)15(13(18)14-11)6-7-3-4-7;;;2-1(3)4/h6,9H,3-5,7-8H2,1-2H3;5,7H,2-4,6H2,1H3,(H,14,18);2*1H4;. The van der Waals surface area contributed by atoms with Crippen LogP contribution in [0.15, 0.2) is 49.7 Å². The van der Waals surface area contributed by atoms with Crippen LogP contribution in [0.25, 0.3) is 22.2 Å². The molecule has 2 fully saturated rings. The number of halogens is 3. The summed E-state index contributed by atoms with van der Waals surface area (Å²) in [6.07, 6.45) is 5.19. The molecule has 4 heterocycles. The molecule has 17 heteroatoms. The van der Waals surface area contributed by atoms with E-state index in [1.165, 1.54) is 32.9 Å². The smallest absolute Gasteiger partial charge is 0.369 e. The highest BCUT2D eigenvalue weighted by molar-refractivity contribution is 9.69. The van der Waals surface area contributed by atoms with Crippen molar-refractivity contribution < 1.29 is 13.6 Å². The molecular weight excluding hydrogens is 811 g/mol. The van der Waals surface area contributed by atoms with Crippen molar-refractivity contribution in [2.45, 2.75) is 87.0 Å². The van der Waals surface area contributed by atoms with Gasteiger partial charge in [-0.1, -0.05) is 28.7 Å². The van der Waals surface area contributed by atoms with Crippen molar-refractivity contribution in [1.29, 1.82) is 0 Å². The number of rotatable bonds is 8. The summed E-state index contributed by atoms with van der Waals surface area (Å²) in [6.45, 7) is 4.47. The van der Waals surface area contributed by atoms with E-state index in [0.29, 0.717) is 59.7 Å². The molecule has 0 radical (unpaired) electrons. The molecule has 0 aromatic carbocycles. The minimum Gasteiger partial charge on any atom is -0.405 e. The monoisotopic (exact) mass is 848 g/mol. The van der Waals surface area contributed by atoms with E-state index in [-0.39, 0.29) is 47.3 Å². The molecule has 2 saturated carbocycles. The SMILES string of the molecule is BrB(Br)Br.C.C.CCc1cc(=O)oc2[nH]c(=O)n(CC3CC3)c(=O)c12.CCc1cc(=O)oc2c1c(=O)n(CC1CC1)c(=O)n2COC. The number of aryl methyl sites for hydroxylation is 2. The van der Waals surface area contributed by atoms with Crippen LogP contribution in [0.5, 0.6) is 0 Å². The third kappa shape index (κ3) is 9.89. The van der Waals surface area contributed by atoms with Crippen molar-refractivity contribution >= 4 is 72.7 Å². The van der Waals surface area contributed by atoms with Crippen molar-refractivity contribution in [3.05, 3.63) is 85.8 Å². The lowest BCUT2D eigenvalue weighted by Crippen LogP contribution is -2.41. The molecule has 6 rings (SSSR count). The first-order valence-corrected chi connectivity index (χ1v) is 17.2. The van der Waals surface area contributed by atoms with Gasteiger partial charge in [0.1, 0.15) is 17.5 Å². The fourth-order valence-electron chi connectivity index (χ4n) is 4.90. The molecule has 47 heavy (non-hydrogen) atoms. The Balaban J connectivity index is 0.000000285. The maximum absolute atomic E-state index is 12.7. The zero-order valence-electron chi connectivity index (χ0n) is 24.9. The lowest BCUT2D eigenvalue weighted by atomic mass is 10.1. The molecule has 0 amide bonds. The Morgan fingerprint density at radius 1 is 0.787 bits per heavy atom. The van der Waals surface area contributed by atoms with E-state index in [0.717, 1.165) is 25.7 Å². The molecule has 4 aromatic rings. The number of fused-ring (bicyclic) bond motifs is 2. The van der Waals surface area contributed by atoms with E-state index < -0.39 is 22.6 Å². The highest BCUT2D eigenvalue weighted by atomic mass is 79.9. The predicted molar refractivity (Wildman–Crippen MR) is 196 cm³/mol. The topological polar surface area (TPSA) is 169 Å². The van der Waals surface area contributed by atoms with Gasteiger partial charge in [0.25, 0.3) is 11.1 Å². The first-order chi connectivity index (χ1) is 21.4. The van der Waals surface area contributed by atoms with Gasteiger partial charge in [0.15, 0.2) is 0 Å². The summed E-state index contributed by atoms with van der Waals surface area (Å²) in [5, 5.41) is 0.599. The van der Waals surface area contributed by atoms with Gasteiger partial charge in [-0.2, -0.15) is 0 Å². The van der Waals surface area contributed by atoms with E-state index in [1.54, 1.807) is 0 Å². The van der Waals surface area contributed by atoms with Crippen LogP contribution in [0, 0.1) is 11.8 Å². The molecule has 0 aliphatic heterocycles. The molecule has 0 bridgehead atoms. The number of hydrogen-bond donors (Lipinski definition) is 1. The van der Waals surface area contributed by atoms with Crippen molar-refractivity contribution in [2.75, 3.05) is 7.11 Å². The minimum atomic E-state index is -0.576. The van der Waals surface area contributed by atoms with Gasteiger partial charge in [-0.3, -0.25) is 23.7 Å². The quantitative estimate of drug-likeness (QED) is 0.247. The van der Waals surface area contributed by atoms with Gasteiger partial charge in [0.05, 0.1) is 0 Å². The van der Waals surface area contributed by atoms with Gasteiger partial charge in [0.2, 0.25) is 11.4 Å². The number of methoxy groups -OCH3 is 1. The number of nitrogens with zero attached hydrogens (tertiary/aromatic N) is 3. The van der Waals surface area contributed by atoms with E-state index in [9.17, 15) is 28.8 Å². The molecule has 0 spiro atoms. The number of aromatic amines is 1. The van der Waals surface area contributed by atoms with Crippen molar-refractivity contribution in [3.63, 3.8) is 0 Å². The largest absolute Gasteiger partial charge is 0.405 e. The van der Waals surface area contributed by atoms with Crippen molar-refractivity contribution in [2.24, 2.45) is 11.8 Å². The number of nitrogens with one attached hydrogen (secondary N) is 1. The molecule has 13 nitrogen and oxygen atoms in total. The van der Waals surface area contributed by atoms with Gasteiger partial charge < -0.3 is 13.6 Å². The summed E-state index contributed by atoms with van der Waals surface area (Å²) >= 11 is 9.31. The van der Waals surface area contributed by atoms with Gasteiger partial charge in [-0.25, -0.2) is 23.7 Å². The average molecular weight is 851 g/mol. The van der Waals surface area contributed by atoms with Crippen molar-refractivity contribution in [3.8, 4) is 0 Å². The van der Waals surface area contributed by atoms with E-state index in [1.807, 2.05) is 13.8 Å². The third-order valence-corrected chi connectivity index (χ3v) is 7.45. The number of hydrogen-bond acceptors (Lipinski definition) is 9. The Bertz CT molecular complexity index is 2050. The Kier molecular flexibility index (Phi) is 15.1. The van der Waals surface area contributed by atoms with Crippen LogP contribution in [-0.4, -0.2) is 29.0 Å². The average Bonchev–Trinajstić information content (AvgIpc) is 3.91. The van der Waals surface area contributed by atoms with E-state index >= 15 is 0 Å². The molecule has 0 saturated heterocycles. The van der Waals surface area contributed by atoms with Gasteiger partial charge in [-0.15, -0.1) is 47.3 Å². The first-order valence-electron chi connectivity index (χ1n) is 14.4. The van der Waals surface area contributed by atoms with Crippen LogP contribution in [0.2, 0.25) is 0 Å². The molecule has 2 aliphatic carbocycles. The van der Waals surface area contributed by atoms with E-state index in [4.69, 9.17) is 13.6 Å². The Labute approximate surface area is 295 Å². The third-order valence-electron chi connectivity index (χ3n) is 7.45. The molecule has 2 aliphatic rings. The van der Waals surface area contributed by atoms with Gasteiger partial charge in [0, 0.05) is 32.3 Å². The van der Waals surface area contributed by atoms with Crippen LogP contribution in [0.4, 0.5) is 0 Å². The minimum absolute atomic E-state index is 0. The molecule has 0 atom stereocenters. The van der Waals surface area contributed by atoms with Crippen LogP contribution in [0.3, 0.4) is 0 Å². The highest BCUT2D eigenvalue weighted by Crippen LogP contribution is 2.30. The number of H-pyrrole nitrogens is 1. The predicted octanol–water partition coefficient (Wildman–Crippen LogP) is 4.74. The number of aromatic nitrogens is 4. The molecule has 0 unspecified atom stereocenters. The Morgan fingerprint density at radius 3 is 1.74 bits per heavy atom. The summed E-state index contributed by atoms with van der Waals surface area (Å²) in [7, 11) is 1.44. The lowest BCUT2D eigenvalue weighted by molar-refractivity contribution is 0.125. The van der Waals surface area contributed by atoms with Crippen LogP contribution < -0.4 is 33.7 Å². The first kappa shape index (κ1) is 40.4. The summed E-state index contributed by atoms with van der Waals surface area (Å²) in [5.41, 5.74) is -1.73. The number of ether oxygens (including phenoxy) is 1. The zero-order valence-corrected chi connectivity index (χ0v) is 29.7. The molecule has 258 valence electrons. The fraction of sp³-hybridized carbons (Fsp3) is 0.533. The normalized spacial score (nSPS) is 13.5. The Hall–Kier alpha value is -2.76. The second kappa shape index (κ2) is 17.6. The maximum Gasteiger partial charge on any atom is 0.369 e. The van der Waals surface area contributed by atoms with Crippen LogP contribution in [0.1, 0.15) is 65.5 Å². The van der Waals surface area contributed by atoms with E-state index in [2.05, 4.69) is 52.3 Å². The Morgan fingerprint density at radius 2 is 1.26 bits per heavy atom. The summed E-state index contributed by atoms with van der Waals surface area (Å²) < 4.78 is 19.0. The maximum atomic E-state index is 12.7. The molecular formula is C30H40BBr3N4O9. The fourth-order valence-corrected chi connectivity index (χ4v) is 4.90. The van der Waals surface area contributed by atoms with Gasteiger partial charge in [-0.05, 0) is 61.5 Å². The lowest BCUT2D eigenvalue weighted by Gasteiger charge is -2.13. The summed E-state index contributed by atoms with van der Waals surface area (Å²) in [6, 6.07) is 2.62. The molecule has 1 N–H and O–H groups in total.